The molecular weight excluding hydrogens is 276 g/mol. The highest BCUT2D eigenvalue weighted by Gasteiger charge is 2.32. The maximum atomic E-state index is 11.9. The van der Waals surface area contributed by atoms with E-state index >= 15 is 0 Å². The molecule has 5 heteroatoms. The van der Waals surface area contributed by atoms with Crippen LogP contribution in [0.2, 0.25) is 0 Å². The average Bonchev–Trinajstić information content (AvgIpc) is 2.53. The van der Waals surface area contributed by atoms with Gasteiger partial charge in [-0.1, -0.05) is 47.0 Å². The molecule has 1 N–H and O–H groups in total. The zero-order valence-corrected chi connectivity index (χ0v) is 14.5. The summed E-state index contributed by atoms with van der Waals surface area (Å²) in [5.41, 5.74) is 1.06. The first-order valence-electron chi connectivity index (χ1n) is 8.62. The van der Waals surface area contributed by atoms with E-state index < -0.39 is 0 Å². The summed E-state index contributed by atoms with van der Waals surface area (Å²) in [7, 11) is 0. The topological polar surface area (TPSA) is 67.8 Å². The van der Waals surface area contributed by atoms with Crippen molar-refractivity contribution in [1.29, 1.82) is 0 Å². The maximum Gasteiger partial charge on any atom is 0.225 e. The van der Waals surface area contributed by atoms with E-state index in [1.165, 1.54) is 19.3 Å². The number of unbranched alkanes of at least 4 members (excludes halogenated alkanes) is 2. The van der Waals surface area contributed by atoms with Crippen LogP contribution in [-0.4, -0.2) is 21.3 Å². The van der Waals surface area contributed by atoms with Crippen molar-refractivity contribution in [2.45, 2.75) is 84.5 Å². The van der Waals surface area contributed by atoms with Crippen molar-refractivity contribution in [3.05, 3.63) is 11.8 Å². The normalized spacial score (nSPS) is 11.5. The molecule has 0 aromatic carbocycles. The molecule has 0 aliphatic rings. The Morgan fingerprint density at radius 1 is 1.14 bits per heavy atom. The van der Waals surface area contributed by atoms with Crippen molar-refractivity contribution < 1.29 is 4.79 Å². The largest absolute Gasteiger partial charge is 0.309 e. The molecule has 0 saturated heterocycles. The second-order valence-corrected chi connectivity index (χ2v) is 5.94. The van der Waals surface area contributed by atoms with Crippen molar-refractivity contribution in [3.63, 3.8) is 0 Å². The number of anilines is 1. The average molecular weight is 306 g/mol. The molecule has 22 heavy (non-hydrogen) atoms. The standard InChI is InChI=1S/C17H30N4O/c1-5-9-10-12-17(7-3,8-4)14-13-18-21-20-16(14)19-15(22)11-6-2/h13H,5-12H2,1-4H3,(H,18,19,20,22). The van der Waals surface area contributed by atoms with Gasteiger partial charge in [-0.05, 0) is 30.9 Å². The SMILES string of the molecule is CCCCCC(CC)(CC)c1cnnnc1NC(=O)CCC. The summed E-state index contributed by atoms with van der Waals surface area (Å²) in [5.74, 6) is 0.590. The number of hydrogen-bond acceptors (Lipinski definition) is 4. The van der Waals surface area contributed by atoms with Crippen LogP contribution >= 0.6 is 0 Å². The van der Waals surface area contributed by atoms with Crippen molar-refractivity contribution in [2.24, 2.45) is 0 Å². The third-order valence-corrected chi connectivity index (χ3v) is 4.56. The number of nitrogens with zero attached hydrogens (tertiary/aromatic N) is 3. The van der Waals surface area contributed by atoms with Crippen LogP contribution in [0.3, 0.4) is 0 Å². The molecule has 0 bridgehead atoms. The Kier molecular flexibility index (Phi) is 7.99. The number of nitrogens with one attached hydrogen (secondary N) is 1. The van der Waals surface area contributed by atoms with Crippen LogP contribution in [0.5, 0.6) is 0 Å². The lowest BCUT2D eigenvalue weighted by molar-refractivity contribution is -0.116. The lowest BCUT2D eigenvalue weighted by atomic mass is 9.72. The molecule has 0 fully saturated rings. The van der Waals surface area contributed by atoms with E-state index in [9.17, 15) is 4.79 Å². The Labute approximate surface area is 134 Å². The van der Waals surface area contributed by atoms with E-state index in [-0.39, 0.29) is 11.3 Å². The molecule has 1 heterocycles. The van der Waals surface area contributed by atoms with Gasteiger partial charge >= 0.3 is 0 Å². The molecule has 1 aromatic rings. The minimum atomic E-state index is -0.00101. The highest BCUT2D eigenvalue weighted by atomic mass is 16.1. The van der Waals surface area contributed by atoms with Crippen molar-refractivity contribution in [2.75, 3.05) is 5.32 Å². The summed E-state index contributed by atoms with van der Waals surface area (Å²) in [6.07, 6.45) is 9.84. The first-order valence-corrected chi connectivity index (χ1v) is 8.62. The van der Waals surface area contributed by atoms with E-state index in [1.807, 2.05) is 6.92 Å². The molecule has 1 aromatic heterocycles. The van der Waals surface area contributed by atoms with Gasteiger partial charge in [0.1, 0.15) is 0 Å². The minimum Gasteiger partial charge on any atom is -0.309 e. The predicted molar refractivity (Wildman–Crippen MR) is 89.8 cm³/mol. The molecular formula is C17H30N4O. The summed E-state index contributed by atoms with van der Waals surface area (Å²) in [6, 6.07) is 0. The molecule has 0 unspecified atom stereocenters. The van der Waals surface area contributed by atoms with Crippen LogP contribution in [0.15, 0.2) is 6.20 Å². The van der Waals surface area contributed by atoms with Crippen LogP contribution < -0.4 is 5.32 Å². The van der Waals surface area contributed by atoms with Gasteiger partial charge in [-0.25, -0.2) is 0 Å². The Morgan fingerprint density at radius 3 is 2.45 bits per heavy atom. The quantitative estimate of drug-likeness (QED) is 0.656. The third kappa shape index (κ3) is 4.75. The van der Waals surface area contributed by atoms with E-state index in [2.05, 4.69) is 41.5 Å². The number of carbonyl (C=O) groups excluding carboxylic acids is 1. The lowest BCUT2D eigenvalue weighted by Gasteiger charge is -2.33. The number of aromatic nitrogens is 3. The van der Waals surface area contributed by atoms with Crippen LogP contribution in [-0.2, 0) is 10.2 Å². The summed E-state index contributed by atoms with van der Waals surface area (Å²) >= 11 is 0. The molecule has 0 atom stereocenters. The van der Waals surface area contributed by atoms with Gasteiger partial charge in [-0.15, -0.1) is 10.2 Å². The predicted octanol–water partition coefficient (Wildman–Crippen LogP) is 4.25. The molecule has 0 radical (unpaired) electrons. The monoisotopic (exact) mass is 306 g/mol. The second kappa shape index (κ2) is 9.49. The summed E-state index contributed by atoms with van der Waals surface area (Å²) in [4.78, 5) is 11.9. The zero-order chi connectivity index (χ0) is 16.4. The Hall–Kier alpha value is -1.52. The Bertz CT molecular complexity index is 458. The van der Waals surface area contributed by atoms with Gasteiger partial charge in [0, 0.05) is 17.4 Å². The van der Waals surface area contributed by atoms with Crippen molar-refractivity contribution >= 4 is 11.7 Å². The molecule has 0 saturated carbocycles. The fourth-order valence-corrected chi connectivity index (χ4v) is 3.00. The summed E-state index contributed by atoms with van der Waals surface area (Å²) in [6.45, 7) is 8.61. The van der Waals surface area contributed by atoms with Crippen molar-refractivity contribution in [3.8, 4) is 0 Å². The second-order valence-electron chi connectivity index (χ2n) is 5.94. The molecule has 0 spiro atoms. The van der Waals surface area contributed by atoms with Gasteiger partial charge in [0.15, 0.2) is 5.82 Å². The van der Waals surface area contributed by atoms with E-state index in [1.54, 1.807) is 6.20 Å². The van der Waals surface area contributed by atoms with Crippen LogP contribution in [0.4, 0.5) is 5.82 Å². The summed E-state index contributed by atoms with van der Waals surface area (Å²) < 4.78 is 0. The molecule has 0 aliphatic carbocycles. The highest BCUT2D eigenvalue weighted by Crippen LogP contribution is 2.39. The molecule has 124 valence electrons. The fourth-order valence-electron chi connectivity index (χ4n) is 3.00. The molecule has 5 nitrogen and oxygen atoms in total. The number of amides is 1. The third-order valence-electron chi connectivity index (χ3n) is 4.56. The van der Waals surface area contributed by atoms with Crippen LogP contribution in [0.25, 0.3) is 0 Å². The molecule has 0 aliphatic heterocycles. The van der Waals surface area contributed by atoms with Crippen LogP contribution in [0, 0.1) is 0 Å². The van der Waals surface area contributed by atoms with Crippen LogP contribution in [0.1, 0.15) is 84.6 Å². The van der Waals surface area contributed by atoms with Gasteiger partial charge in [-0.3, -0.25) is 4.79 Å². The fraction of sp³-hybridized carbons (Fsp3) is 0.765. The minimum absolute atomic E-state index is 0.00101. The van der Waals surface area contributed by atoms with E-state index in [0.717, 1.165) is 31.2 Å². The molecule has 1 rings (SSSR count). The van der Waals surface area contributed by atoms with E-state index in [4.69, 9.17) is 0 Å². The number of hydrogen-bond donors (Lipinski definition) is 1. The van der Waals surface area contributed by atoms with Gasteiger partial charge in [-0.2, -0.15) is 0 Å². The number of rotatable bonds is 10. The van der Waals surface area contributed by atoms with Crippen molar-refractivity contribution in [1.82, 2.24) is 15.4 Å². The van der Waals surface area contributed by atoms with Gasteiger partial charge in [0.25, 0.3) is 0 Å². The van der Waals surface area contributed by atoms with Gasteiger partial charge in [0.2, 0.25) is 5.91 Å². The molecule has 1 amide bonds. The lowest BCUT2D eigenvalue weighted by Crippen LogP contribution is -2.28. The first-order chi connectivity index (χ1) is 10.6. The summed E-state index contributed by atoms with van der Waals surface area (Å²) in [5, 5.41) is 14.7. The van der Waals surface area contributed by atoms with Gasteiger partial charge < -0.3 is 5.32 Å². The Morgan fingerprint density at radius 2 is 1.86 bits per heavy atom. The Balaban J connectivity index is 3.05. The smallest absolute Gasteiger partial charge is 0.225 e. The zero-order valence-electron chi connectivity index (χ0n) is 14.5. The maximum absolute atomic E-state index is 11.9. The number of carbonyl (C=O) groups is 1. The highest BCUT2D eigenvalue weighted by molar-refractivity contribution is 5.90. The van der Waals surface area contributed by atoms with E-state index in [0.29, 0.717) is 12.2 Å². The van der Waals surface area contributed by atoms with Gasteiger partial charge in [0.05, 0.1) is 6.20 Å². The first kappa shape index (κ1) is 18.5.